The Morgan fingerprint density at radius 2 is 2.15 bits per heavy atom. The summed E-state index contributed by atoms with van der Waals surface area (Å²) in [6.07, 6.45) is 0.940. The molecule has 0 aliphatic carbocycles. The summed E-state index contributed by atoms with van der Waals surface area (Å²) in [5.74, 6) is 5.53. The van der Waals surface area contributed by atoms with Gasteiger partial charge in [0.05, 0.1) is 19.1 Å². The van der Waals surface area contributed by atoms with Crippen molar-refractivity contribution in [2.45, 2.75) is 32.4 Å². The van der Waals surface area contributed by atoms with Crippen LogP contribution in [0.2, 0.25) is 0 Å². The Labute approximate surface area is 158 Å². The summed E-state index contributed by atoms with van der Waals surface area (Å²) in [5.41, 5.74) is 3.15. The lowest BCUT2D eigenvalue weighted by atomic mass is 10.0. The first-order valence-corrected chi connectivity index (χ1v) is 9.28. The third kappa shape index (κ3) is 4.37. The molecule has 0 spiro atoms. The Bertz CT molecular complexity index is 824. The van der Waals surface area contributed by atoms with Gasteiger partial charge in [-0.15, -0.1) is 0 Å². The van der Waals surface area contributed by atoms with Crippen LogP contribution in [-0.2, 0) is 16.1 Å². The predicted octanol–water partition coefficient (Wildman–Crippen LogP) is 1.31. The minimum absolute atomic E-state index is 0.0260. The highest BCUT2D eigenvalue weighted by Gasteiger charge is 2.32. The maximum absolute atomic E-state index is 12.4. The van der Waals surface area contributed by atoms with Gasteiger partial charge in [-0.2, -0.15) is 0 Å². The Kier molecular flexibility index (Phi) is 6.26. The Morgan fingerprint density at radius 3 is 2.93 bits per heavy atom. The van der Waals surface area contributed by atoms with E-state index in [2.05, 4.69) is 29.8 Å². The Balaban J connectivity index is 1.95. The van der Waals surface area contributed by atoms with E-state index >= 15 is 0 Å². The molecule has 27 heavy (non-hydrogen) atoms. The average molecular weight is 370 g/mol. The topological polar surface area (TPSA) is 96.7 Å². The van der Waals surface area contributed by atoms with E-state index < -0.39 is 6.04 Å². The number of amides is 2. The van der Waals surface area contributed by atoms with E-state index in [1.165, 1.54) is 0 Å². The van der Waals surface area contributed by atoms with Gasteiger partial charge >= 0.3 is 0 Å². The van der Waals surface area contributed by atoms with Gasteiger partial charge in [-0.3, -0.25) is 19.9 Å². The number of rotatable bonds is 7. The molecule has 7 nitrogen and oxygen atoms in total. The number of piperazine rings is 1. The zero-order chi connectivity index (χ0) is 19.2. The highest BCUT2D eigenvalue weighted by atomic mass is 16.5. The van der Waals surface area contributed by atoms with Crippen molar-refractivity contribution in [3.63, 3.8) is 0 Å². The number of hydrazine groups is 1. The van der Waals surface area contributed by atoms with Crippen LogP contribution in [0.5, 0.6) is 5.75 Å². The lowest BCUT2D eigenvalue weighted by Crippen LogP contribution is -2.56. The fourth-order valence-corrected chi connectivity index (χ4v) is 3.44. The number of nitrogens with zero attached hydrogens (tertiary/aromatic N) is 1. The third-order valence-corrected chi connectivity index (χ3v) is 4.80. The van der Waals surface area contributed by atoms with Crippen molar-refractivity contribution in [1.82, 2.24) is 15.6 Å². The highest BCUT2D eigenvalue weighted by Crippen LogP contribution is 2.30. The van der Waals surface area contributed by atoms with E-state index in [0.717, 1.165) is 28.5 Å². The average Bonchev–Trinajstić information content (AvgIpc) is 2.69. The molecule has 1 fully saturated rings. The number of carbonyl (C=O) groups is 2. The number of hydrogen-bond donors (Lipinski definition) is 3. The van der Waals surface area contributed by atoms with Crippen molar-refractivity contribution in [3.05, 3.63) is 42.0 Å². The van der Waals surface area contributed by atoms with E-state index in [-0.39, 0.29) is 18.2 Å². The lowest BCUT2D eigenvalue weighted by Gasteiger charge is -2.35. The molecule has 4 N–H and O–H groups in total. The van der Waals surface area contributed by atoms with Crippen molar-refractivity contribution in [2.24, 2.45) is 5.84 Å². The molecule has 0 radical (unpaired) electrons. The highest BCUT2D eigenvalue weighted by molar-refractivity contribution is 5.89. The minimum Gasteiger partial charge on any atom is -0.493 e. The van der Waals surface area contributed by atoms with Crippen molar-refractivity contribution in [2.75, 3.05) is 19.7 Å². The summed E-state index contributed by atoms with van der Waals surface area (Å²) in [6.45, 7) is 4.43. The quantitative estimate of drug-likeness (QED) is 0.388. The molecule has 1 atom stereocenters. The van der Waals surface area contributed by atoms with Gasteiger partial charge in [0.15, 0.2) is 0 Å². The van der Waals surface area contributed by atoms with E-state index in [1.807, 2.05) is 29.2 Å². The predicted molar refractivity (Wildman–Crippen MR) is 104 cm³/mol. The Morgan fingerprint density at radius 1 is 1.33 bits per heavy atom. The fraction of sp³-hybridized carbons (Fsp3) is 0.400. The molecule has 0 aromatic heterocycles. The second kappa shape index (κ2) is 8.83. The van der Waals surface area contributed by atoms with Crippen LogP contribution < -0.4 is 21.3 Å². The van der Waals surface area contributed by atoms with Gasteiger partial charge in [0.25, 0.3) is 0 Å². The smallest absolute Gasteiger partial charge is 0.237 e. The van der Waals surface area contributed by atoms with E-state index in [1.54, 1.807) is 0 Å². The number of hydrogen-bond acceptors (Lipinski definition) is 5. The summed E-state index contributed by atoms with van der Waals surface area (Å²) in [6, 6.07) is 11.6. The van der Waals surface area contributed by atoms with Gasteiger partial charge < -0.3 is 10.1 Å². The van der Waals surface area contributed by atoms with Gasteiger partial charge in [-0.05, 0) is 23.3 Å². The molecular weight excluding hydrogens is 344 g/mol. The molecule has 2 aromatic rings. The number of nitrogens with one attached hydrogen (secondary N) is 2. The molecule has 0 saturated carbocycles. The summed E-state index contributed by atoms with van der Waals surface area (Å²) in [5, 5.41) is 5.05. The van der Waals surface area contributed by atoms with Crippen molar-refractivity contribution in [3.8, 4) is 5.75 Å². The first-order valence-electron chi connectivity index (χ1n) is 9.28. The first-order chi connectivity index (χ1) is 13.1. The van der Waals surface area contributed by atoms with Crippen LogP contribution in [0.4, 0.5) is 0 Å². The zero-order valence-electron chi connectivity index (χ0n) is 15.5. The largest absolute Gasteiger partial charge is 0.493 e. The van der Waals surface area contributed by atoms with Crippen LogP contribution in [0.15, 0.2) is 36.4 Å². The molecule has 0 bridgehead atoms. The van der Waals surface area contributed by atoms with E-state index in [9.17, 15) is 9.59 Å². The zero-order valence-corrected chi connectivity index (χ0v) is 15.5. The third-order valence-electron chi connectivity index (χ3n) is 4.80. The molecule has 144 valence electrons. The molecule has 1 aliphatic heterocycles. The minimum atomic E-state index is -0.555. The summed E-state index contributed by atoms with van der Waals surface area (Å²) < 4.78 is 5.97. The molecule has 7 heteroatoms. The van der Waals surface area contributed by atoms with Gasteiger partial charge in [0.1, 0.15) is 5.75 Å². The molecule has 1 aliphatic rings. The van der Waals surface area contributed by atoms with Crippen LogP contribution in [0.1, 0.15) is 25.3 Å². The van der Waals surface area contributed by atoms with E-state index in [4.69, 9.17) is 10.6 Å². The van der Waals surface area contributed by atoms with Crippen LogP contribution in [-0.4, -0.2) is 42.5 Å². The molecule has 1 heterocycles. The second-order valence-electron chi connectivity index (χ2n) is 6.66. The standard InChI is InChI=1S/C20H26N4O3/c1-2-11-27-18-8-7-14-5-3-4-6-15(14)16(18)13-24-10-9-22-20(26)17(24)12-19(25)23-21/h3-8,17H,2,9-13,21H2,1H3,(H,22,26)(H,23,25). The summed E-state index contributed by atoms with van der Waals surface area (Å²) >= 11 is 0. The van der Waals surface area contributed by atoms with Gasteiger partial charge in [-0.1, -0.05) is 37.3 Å². The van der Waals surface area contributed by atoms with E-state index in [0.29, 0.717) is 26.2 Å². The van der Waals surface area contributed by atoms with Gasteiger partial charge in [0, 0.05) is 25.2 Å². The summed E-state index contributed by atoms with van der Waals surface area (Å²) in [7, 11) is 0. The maximum atomic E-state index is 12.4. The molecule has 2 aromatic carbocycles. The monoisotopic (exact) mass is 370 g/mol. The molecule has 1 saturated heterocycles. The van der Waals surface area contributed by atoms with Crippen LogP contribution in [0.25, 0.3) is 10.8 Å². The number of fused-ring (bicyclic) bond motifs is 1. The van der Waals surface area contributed by atoms with Crippen LogP contribution in [0, 0.1) is 0 Å². The number of carbonyl (C=O) groups excluding carboxylic acids is 2. The van der Waals surface area contributed by atoms with Gasteiger partial charge in [-0.25, -0.2) is 5.84 Å². The van der Waals surface area contributed by atoms with Crippen molar-refractivity contribution >= 4 is 22.6 Å². The summed E-state index contributed by atoms with van der Waals surface area (Å²) in [4.78, 5) is 26.2. The number of ether oxygens (including phenoxy) is 1. The molecular formula is C20H26N4O3. The molecule has 2 amide bonds. The van der Waals surface area contributed by atoms with Gasteiger partial charge in [0.2, 0.25) is 11.8 Å². The number of benzene rings is 2. The first kappa shape index (κ1) is 19.1. The Hall–Kier alpha value is -2.64. The molecule has 3 rings (SSSR count). The lowest BCUT2D eigenvalue weighted by molar-refractivity contribution is -0.134. The van der Waals surface area contributed by atoms with Crippen LogP contribution >= 0.6 is 0 Å². The normalized spacial score (nSPS) is 17.6. The van der Waals surface area contributed by atoms with Crippen LogP contribution in [0.3, 0.4) is 0 Å². The van der Waals surface area contributed by atoms with Crippen molar-refractivity contribution in [1.29, 1.82) is 0 Å². The SMILES string of the molecule is CCCOc1ccc2ccccc2c1CN1CCNC(=O)C1CC(=O)NN. The maximum Gasteiger partial charge on any atom is 0.237 e. The molecule has 1 unspecified atom stereocenters. The van der Waals surface area contributed by atoms with Crippen molar-refractivity contribution < 1.29 is 14.3 Å². The fourth-order valence-electron chi connectivity index (χ4n) is 3.44. The number of nitrogens with two attached hydrogens (primary N) is 1. The second-order valence-corrected chi connectivity index (χ2v) is 6.66.